The second-order valence-electron chi connectivity index (χ2n) is 17.1. The molecule has 0 heterocycles. The number of ether oxygens (including phenoxy) is 2. The number of aryl methyl sites for hydroxylation is 1. The Morgan fingerprint density at radius 2 is 1.73 bits per heavy atom. The third-order valence-electron chi connectivity index (χ3n) is 15.0. The highest BCUT2D eigenvalue weighted by Crippen LogP contribution is 2.76. The molecule has 0 aromatic heterocycles. The van der Waals surface area contributed by atoms with E-state index in [9.17, 15) is 9.90 Å². The molecule has 11 unspecified atom stereocenters. The second-order valence-corrected chi connectivity index (χ2v) is 17.1. The summed E-state index contributed by atoms with van der Waals surface area (Å²) in [5.74, 6) is 3.97. The Hall–Kier alpha value is -2.07. The fourth-order valence-electron chi connectivity index (χ4n) is 12.7. The van der Waals surface area contributed by atoms with Gasteiger partial charge in [-0.1, -0.05) is 58.9 Å². The van der Waals surface area contributed by atoms with Crippen LogP contribution in [-0.4, -0.2) is 30.4 Å². The lowest BCUT2D eigenvalue weighted by atomic mass is 9.33. The molecule has 0 aliphatic heterocycles. The maximum absolute atomic E-state index is 13.1. The first-order valence-corrected chi connectivity index (χ1v) is 17.5. The van der Waals surface area contributed by atoms with E-state index < -0.39 is 0 Å². The summed E-state index contributed by atoms with van der Waals surface area (Å²) in [6.07, 6.45) is 13.4. The maximum Gasteiger partial charge on any atom is 0.331 e. The predicted octanol–water partition coefficient (Wildman–Crippen LogP) is 9.19. The molecule has 1 aromatic carbocycles. The average molecular weight is 603 g/mol. The number of esters is 1. The van der Waals surface area contributed by atoms with E-state index in [1.54, 1.807) is 13.2 Å². The molecule has 1 N–H and O–H groups in total. The lowest BCUT2D eigenvalue weighted by Crippen LogP contribution is -2.67. The Morgan fingerprint density at radius 3 is 2.43 bits per heavy atom. The fraction of sp³-hybridized carbons (Fsp3) is 0.725. The topological polar surface area (TPSA) is 55.8 Å². The van der Waals surface area contributed by atoms with Crippen molar-refractivity contribution in [2.45, 2.75) is 118 Å². The SMILES string of the molecule is C=C(C)C1CCC2C(O)CC3(C)C(CCC4C5(C)CCC(OC(=O)C=Cc6ccc(C)c(OC)c6)C(C)(C)C5CCC43C)C12. The van der Waals surface area contributed by atoms with Crippen molar-refractivity contribution in [1.29, 1.82) is 0 Å². The third kappa shape index (κ3) is 4.66. The molecule has 4 nitrogen and oxygen atoms in total. The first-order chi connectivity index (χ1) is 20.7. The maximum atomic E-state index is 13.1. The van der Waals surface area contributed by atoms with Gasteiger partial charge in [0.15, 0.2) is 0 Å². The molecule has 5 aliphatic carbocycles. The van der Waals surface area contributed by atoms with Gasteiger partial charge in [0.2, 0.25) is 0 Å². The third-order valence-corrected chi connectivity index (χ3v) is 15.0. The summed E-state index contributed by atoms with van der Waals surface area (Å²) in [5, 5.41) is 11.7. The summed E-state index contributed by atoms with van der Waals surface area (Å²) in [6, 6.07) is 5.97. The zero-order valence-corrected chi connectivity index (χ0v) is 28.7. The van der Waals surface area contributed by atoms with Crippen LogP contribution < -0.4 is 4.74 Å². The van der Waals surface area contributed by atoms with Crippen molar-refractivity contribution in [2.24, 2.45) is 57.2 Å². The van der Waals surface area contributed by atoms with Crippen molar-refractivity contribution < 1.29 is 19.4 Å². The van der Waals surface area contributed by atoms with Crippen molar-refractivity contribution in [3.8, 4) is 5.75 Å². The summed E-state index contributed by atoms with van der Waals surface area (Å²) in [6.45, 7) is 21.2. The minimum atomic E-state index is -0.255. The van der Waals surface area contributed by atoms with Gasteiger partial charge in [-0.3, -0.25) is 0 Å². The van der Waals surface area contributed by atoms with Gasteiger partial charge in [-0.15, -0.1) is 0 Å². The number of aliphatic hydroxyl groups is 1. The number of rotatable bonds is 5. The number of benzene rings is 1. The van der Waals surface area contributed by atoms with Gasteiger partial charge in [0.25, 0.3) is 0 Å². The van der Waals surface area contributed by atoms with Gasteiger partial charge in [-0.2, -0.15) is 0 Å². The van der Waals surface area contributed by atoms with Crippen LogP contribution in [0.4, 0.5) is 0 Å². The molecule has 5 saturated carbocycles. The van der Waals surface area contributed by atoms with E-state index in [-0.39, 0.29) is 39.8 Å². The summed E-state index contributed by atoms with van der Waals surface area (Å²) < 4.78 is 11.7. The van der Waals surface area contributed by atoms with Crippen molar-refractivity contribution in [2.75, 3.05) is 7.11 Å². The van der Waals surface area contributed by atoms with Gasteiger partial charge in [-0.25, -0.2) is 4.79 Å². The Balaban J connectivity index is 1.21. The molecule has 1 aromatic rings. The average Bonchev–Trinajstić information content (AvgIpc) is 3.41. The molecule has 0 spiro atoms. The smallest absolute Gasteiger partial charge is 0.331 e. The first kappa shape index (κ1) is 31.9. The van der Waals surface area contributed by atoms with Crippen molar-refractivity contribution in [3.05, 3.63) is 47.6 Å². The molecule has 44 heavy (non-hydrogen) atoms. The van der Waals surface area contributed by atoms with Crippen LogP contribution >= 0.6 is 0 Å². The van der Waals surface area contributed by atoms with Gasteiger partial charge in [0.05, 0.1) is 13.2 Å². The number of fused-ring (bicyclic) bond motifs is 7. The van der Waals surface area contributed by atoms with E-state index >= 15 is 0 Å². The molecule has 5 fully saturated rings. The largest absolute Gasteiger partial charge is 0.496 e. The molecule has 0 bridgehead atoms. The van der Waals surface area contributed by atoms with Crippen molar-refractivity contribution >= 4 is 12.0 Å². The number of aliphatic hydroxyl groups excluding tert-OH is 1. The standard InChI is InChI=1S/C40H58O4/c1-24(2)27-13-14-28-30(41)23-40(8)29(36(27)28)15-16-33-38(6)20-19-34(37(4,5)32(38)18-21-39(33,40)7)44-35(42)17-12-26-11-10-25(3)31(22-26)43-9/h10-12,17,22,27-30,32-34,36,41H,1,13-16,18-21,23H2,2-9H3. The van der Waals surface area contributed by atoms with Crippen LogP contribution in [0, 0.1) is 64.1 Å². The van der Waals surface area contributed by atoms with Crippen LogP contribution in [0.2, 0.25) is 0 Å². The van der Waals surface area contributed by atoms with Crippen LogP contribution in [0.3, 0.4) is 0 Å². The van der Waals surface area contributed by atoms with Gasteiger partial charge in [0.1, 0.15) is 11.9 Å². The Bertz CT molecular complexity index is 1330. The van der Waals surface area contributed by atoms with Crippen LogP contribution in [0.25, 0.3) is 6.08 Å². The van der Waals surface area contributed by atoms with Gasteiger partial charge in [-0.05, 0) is 147 Å². The molecule has 11 atom stereocenters. The van der Waals surface area contributed by atoms with Gasteiger partial charge < -0.3 is 14.6 Å². The van der Waals surface area contributed by atoms with Gasteiger partial charge >= 0.3 is 5.97 Å². The van der Waals surface area contributed by atoms with E-state index in [1.165, 1.54) is 44.1 Å². The number of carbonyl (C=O) groups excluding carboxylic acids is 1. The van der Waals surface area contributed by atoms with E-state index in [1.807, 2.05) is 31.2 Å². The van der Waals surface area contributed by atoms with Crippen molar-refractivity contribution in [3.63, 3.8) is 0 Å². The van der Waals surface area contributed by atoms with Crippen molar-refractivity contribution in [1.82, 2.24) is 0 Å². The number of methoxy groups -OCH3 is 1. The summed E-state index contributed by atoms with van der Waals surface area (Å²) >= 11 is 0. The summed E-state index contributed by atoms with van der Waals surface area (Å²) in [4.78, 5) is 13.1. The zero-order chi connectivity index (χ0) is 31.8. The minimum Gasteiger partial charge on any atom is -0.496 e. The van der Waals surface area contributed by atoms with Gasteiger partial charge in [0, 0.05) is 11.5 Å². The highest BCUT2D eigenvalue weighted by atomic mass is 16.5. The Labute approximate surface area is 267 Å². The fourth-order valence-corrected chi connectivity index (χ4v) is 12.7. The van der Waals surface area contributed by atoms with Crippen LogP contribution in [-0.2, 0) is 9.53 Å². The molecule has 5 aliphatic rings. The highest BCUT2D eigenvalue weighted by molar-refractivity contribution is 5.87. The molecule has 242 valence electrons. The van der Waals surface area contributed by atoms with E-state index in [0.29, 0.717) is 35.5 Å². The van der Waals surface area contributed by atoms with Crippen LogP contribution in [0.5, 0.6) is 5.75 Å². The number of carbonyl (C=O) groups is 1. The van der Waals surface area contributed by atoms with E-state index in [0.717, 1.165) is 36.1 Å². The normalized spacial score (nSPS) is 44.2. The molecule has 0 saturated heterocycles. The lowest BCUT2D eigenvalue weighted by Gasteiger charge is -2.72. The zero-order valence-electron chi connectivity index (χ0n) is 28.7. The molecule has 0 amide bonds. The van der Waals surface area contributed by atoms with E-state index in [4.69, 9.17) is 9.47 Å². The van der Waals surface area contributed by atoms with Crippen LogP contribution in [0.15, 0.2) is 36.4 Å². The monoisotopic (exact) mass is 602 g/mol. The molecule has 4 heteroatoms. The first-order valence-electron chi connectivity index (χ1n) is 17.5. The summed E-state index contributed by atoms with van der Waals surface area (Å²) in [5.41, 5.74) is 3.78. The van der Waals surface area contributed by atoms with E-state index in [2.05, 4.69) is 48.1 Å². The Kier molecular flexibility index (Phi) is 7.99. The molecule has 0 radical (unpaired) electrons. The number of allylic oxidation sites excluding steroid dienone is 1. The molecular formula is C40H58O4. The Morgan fingerprint density at radius 1 is 0.977 bits per heavy atom. The molecular weight excluding hydrogens is 544 g/mol. The predicted molar refractivity (Wildman–Crippen MR) is 178 cm³/mol. The number of hydrogen-bond acceptors (Lipinski definition) is 4. The summed E-state index contributed by atoms with van der Waals surface area (Å²) in [7, 11) is 1.67. The minimum absolute atomic E-state index is 0.0892. The molecule has 6 rings (SSSR count). The number of hydrogen-bond donors (Lipinski definition) is 1. The van der Waals surface area contributed by atoms with Crippen LogP contribution in [0.1, 0.15) is 110 Å². The lowest BCUT2D eigenvalue weighted by molar-refractivity contribution is -0.253. The quantitative estimate of drug-likeness (QED) is 0.207. The second kappa shape index (κ2) is 11.0. The highest BCUT2D eigenvalue weighted by Gasteiger charge is 2.70.